The zero-order chi connectivity index (χ0) is 12.1. The first-order valence-electron chi connectivity index (χ1n) is 5.05. The highest BCUT2D eigenvalue weighted by Crippen LogP contribution is 2.25. The Morgan fingerprint density at radius 2 is 2.12 bits per heavy atom. The van der Waals surface area contributed by atoms with Crippen LogP contribution in [0.4, 0.5) is 0 Å². The standard InChI is InChI=1S/C13H15BrO2/c1-9(2)4-7-12(15)11-6-5-10(14)8-13(11)16-3/h5-6,8H,1,4,7H2,2-3H3. The molecule has 0 aromatic heterocycles. The molecule has 0 atom stereocenters. The zero-order valence-electron chi connectivity index (χ0n) is 9.55. The van der Waals surface area contributed by atoms with Gasteiger partial charge < -0.3 is 4.74 Å². The smallest absolute Gasteiger partial charge is 0.166 e. The largest absolute Gasteiger partial charge is 0.496 e. The Bertz CT molecular complexity index is 410. The van der Waals surface area contributed by atoms with Gasteiger partial charge in [-0.3, -0.25) is 4.79 Å². The molecule has 0 N–H and O–H groups in total. The third-order valence-electron chi connectivity index (χ3n) is 2.24. The Kier molecular flexibility index (Phi) is 4.74. The van der Waals surface area contributed by atoms with E-state index >= 15 is 0 Å². The molecule has 86 valence electrons. The molecular formula is C13H15BrO2. The van der Waals surface area contributed by atoms with Gasteiger partial charge in [0.2, 0.25) is 0 Å². The number of halogens is 1. The Hall–Kier alpha value is -1.09. The molecule has 0 saturated carbocycles. The molecule has 1 aromatic rings. The maximum atomic E-state index is 11.9. The van der Waals surface area contributed by atoms with Gasteiger partial charge in [-0.05, 0) is 31.5 Å². The van der Waals surface area contributed by atoms with Gasteiger partial charge in [0.25, 0.3) is 0 Å². The van der Waals surface area contributed by atoms with E-state index in [0.717, 1.165) is 16.5 Å². The fourth-order valence-electron chi connectivity index (χ4n) is 1.36. The molecule has 3 heteroatoms. The molecule has 0 aliphatic rings. The summed E-state index contributed by atoms with van der Waals surface area (Å²) >= 11 is 3.34. The second kappa shape index (κ2) is 5.85. The summed E-state index contributed by atoms with van der Waals surface area (Å²) in [5.74, 6) is 0.702. The number of hydrogen-bond donors (Lipinski definition) is 0. The minimum Gasteiger partial charge on any atom is -0.496 e. The van der Waals surface area contributed by atoms with Gasteiger partial charge in [0, 0.05) is 10.9 Å². The Morgan fingerprint density at radius 3 is 2.69 bits per heavy atom. The maximum Gasteiger partial charge on any atom is 0.166 e. The predicted octanol–water partition coefficient (Wildman–Crippen LogP) is 4.00. The van der Waals surface area contributed by atoms with Crippen LogP contribution in [0.3, 0.4) is 0 Å². The molecule has 0 amide bonds. The molecule has 0 aliphatic carbocycles. The molecular weight excluding hydrogens is 268 g/mol. The number of ketones is 1. The molecule has 0 radical (unpaired) electrons. The summed E-state index contributed by atoms with van der Waals surface area (Å²) in [6.07, 6.45) is 1.20. The van der Waals surface area contributed by atoms with Gasteiger partial charge in [-0.25, -0.2) is 0 Å². The van der Waals surface area contributed by atoms with E-state index in [9.17, 15) is 4.79 Å². The van der Waals surface area contributed by atoms with Crippen LogP contribution in [-0.4, -0.2) is 12.9 Å². The van der Waals surface area contributed by atoms with Crippen LogP contribution in [0.15, 0.2) is 34.8 Å². The fraction of sp³-hybridized carbons (Fsp3) is 0.308. The number of allylic oxidation sites excluding steroid dienone is 1. The second-order valence-electron chi connectivity index (χ2n) is 3.72. The van der Waals surface area contributed by atoms with Gasteiger partial charge in [0.05, 0.1) is 12.7 Å². The van der Waals surface area contributed by atoms with Crippen molar-refractivity contribution in [1.29, 1.82) is 0 Å². The number of Topliss-reactive ketones (excluding diaryl/α,β-unsaturated/α-hetero) is 1. The molecule has 0 fully saturated rings. The number of carbonyl (C=O) groups excluding carboxylic acids is 1. The van der Waals surface area contributed by atoms with Gasteiger partial charge >= 0.3 is 0 Å². The topological polar surface area (TPSA) is 26.3 Å². The van der Waals surface area contributed by atoms with Crippen LogP contribution in [-0.2, 0) is 0 Å². The molecule has 0 aliphatic heterocycles. The lowest BCUT2D eigenvalue weighted by atomic mass is 10.0. The van der Waals surface area contributed by atoms with Crippen LogP contribution in [0.25, 0.3) is 0 Å². The lowest BCUT2D eigenvalue weighted by Crippen LogP contribution is -2.02. The van der Waals surface area contributed by atoms with Crippen molar-refractivity contribution < 1.29 is 9.53 Å². The van der Waals surface area contributed by atoms with Crippen LogP contribution < -0.4 is 4.74 Å². The molecule has 0 bridgehead atoms. The van der Waals surface area contributed by atoms with Crippen molar-refractivity contribution in [3.63, 3.8) is 0 Å². The van der Waals surface area contributed by atoms with E-state index < -0.39 is 0 Å². The average molecular weight is 283 g/mol. The minimum absolute atomic E-state index is 0.0901. The second-order valence-corrected chi connectivity index (χ2v) is 4.64. The molecule has 0 heterocycles. The number of methoxy groups -OCH3 is 1. The normalized spacial score (nSPS) is 9.94. The van der Waals surface area contributed by atoms with E-state index in [1.807, 2.05) is 13.0 Å². The van der Waals surface area contributed by atoms with Gasteiger partial charge in [0.1, 0.15) is 5.75 Å². The van der Waals surface area contributed by atoms with Gasteiger partial charge in [0.15, 0.2) is 5.78 Å². The van der Waals surface area contributed by atoms with E-state index in [1.165, 1.54) is 0 Å². The van der Waals surface area contributed by atoms with E-state index in [1.54, 1.807) is 19.2 Å². The molecule has 0 saturated heterocycles. The molecule has 0 spiro atoms. The van der Waals surface area contributed by atoms with Crippen molar-refractivity contribution in [2.75, 3.05) is 7.11 Å². The van der Waals surface area contributed by atoms with Crippen molar-refractivity contribution >= 4 is 21.7 Å². The maximum absolute atomic E-state index is 11.9. The first kappa shape index (κ1) is 13.0. The lowest BCUT2D eigenvalue weighted by Gasteiger charge is -2.08. The summed E-state index contributed by atoms with van der Waals surface area (Å²) in [5.41, 5.74) is 1.65. The van der Waals surface area contributed by atoms with E-state index in [-0.39, 0.29) is 5.78 Å². The highest BCUT2D eigenvalue weighted by Gasteiger charge is 2.12. The van der Waals surface area contributed by atoms with Crippen molar-refractivity contribution in [3.05, 3.63) is 40.4 Å². The van der Waals surface area contributed by atoms with E-state index in [0.29, 0.717) is 17.7 Å². The molecule has 16 heavy (non-hydrogen) atoms. The van der Waals surface area contributed by atoms with Crippen LogP contribution >= 0.6 is 15.9 Å². The lowest BCUT2D eigenvalue weighted by molar-refractivity contribution is 0.0980. The Labute approximate surface area is 104 Å². The summed E-state index contributed by atoms with van der Waals surface area (Å²) < 4.78 is 6.08. The minimum atomic E-state index is 0.0901. The fourth-order valence-corrected chi connectivity index (χ4v) is 1.70. The van der Waals surface area contributed by atoms with Crippen molar-refractivity contribution in [1.82, 2.24) is 0 Å². The number of carbonyl (C=O) groups is 1. The number of ether oxygens (including phenoxy) is 1. The third-order valence-corrected chi connectivity index (χ3v) is 2.74. The summed E-state index contributed by atoms with van der Waals surface area (Å²) in [4.78, 5) is 11.9. The highest BCUT2D eigenvalue weighted by atomic mass is 79.9. The molecule has 2 nitrogen and oxygen atoms in total. The summed E-state index contributed by atoms with van der Waals surface area (Å²) in [7, 11) is 1.57. The molecule has 1 aromatic carbocycles. The van der Waals surface area contributed by atoms with Crippen LogP contribution in [0.5, 0.6) is 5.75 Å². The first-order chi connectivity index (χ1) is 7.54. The summed E-state index contributed by atoms with van der Waals surface area (Å²) in [6, 6.07) is 5.42. The number of benzene rings is 1. The van der Waals surface area contributed by atoms with E-state index in [4.69, 9.17) is 4.74 Å². The van der Waals surface area contributed by atoms with Crippen LogP contribution in [0, 0.1) is 0 Å². The Morgan fingerprint density at radius 1 is 1.44 bits per heavy atom. The molecule has 0 unspecified atom stereocenters. The van der Waals surface area contributed by atoms with Gasteiger partial charge in [-0.1, -0.05) is 21.5 Å². The van der Waals surface area contributed by atoms with Crippen molar-refractivity contribution in [2.24, 2.45) is 0 Å². The Balaban J connectivity index is 2.86. The zero-order valence-corrected chi connectivity index (χ0v) is 11.1. The SMILES string of the molecule is C=C(C)CCC(=O)c1ccc(Br)cc1OC. The highest BCUT2D eigenvalue weighted by molar-refractivity contribution is 9.10. The van der Waals surface area contributed by atoms with Crippen molar-refractivity contribution in [3.8, 4) is 5.75 Å². The number of rotatable bonds is 5. The average Bonchev–Trinajstić information content (AvgIpc) is 2.25. The quantitative estimate of drug-likeness (QED) is 0.603. The van der Waals surface area contributed by atoms with Crippen LogP contribution in [0.2, 0.25) is 0 Å². The van der Waals surface area contributed by atoms with Gasteiger partial charge in [-0.2, -0.15) is 0 Å². The summed E-state index contributed by atoms with van der Waals surface area (Å²) in [5, 5.41) is 0. The third kappa shape index (κ3) is 3.49. The van der Waals surface area contributed by atoms with E-state index in [2.05, 4.69) is 22.5 Å². The van der Waals surface area contributed by atoms with Crippen LogP contribution in [0.1, 0.15) is 30.1 Å². The van der Waals surface area contributed by atoms with Crippen molar-refractivity contribution in [2.45, 2.75) is 19.8 Å². The summed E-state index contributed by atoms with van der Waals surface area (Å²) in [6.45, 7) is 5.71. The molecule has 1 rings (SSSR count). The first-order valence-corrected chi connectivity index (χ1v) is 5.85. The monoisotopic (exact) mass is 282 g/mol. The van der Waals surface area contributed by atoms with Gasteiger partial charge in [-0.15, -0.1) is 6.58 Å². The number of hydrogen-bond acceptors (Lipinski definition) is 2. The predicted molar refractivity (Wildman–Crippen MR) is 69.1 cm³/mol.